The molecule has 6 atom stereocenters. The van der Waals surface area contributed by atoms with Crippen LogP contribution in [0.1, 0.15) is 58.3 Å². The molecule has 0 radical (unpaired) electrons. The summed E-state index contributed by atoms with van der Waals surface area (Å²) in [6.07, 6.45) is 10.7. The first kappa shape index (κ1) is 28.5. The molecule has 0 bridgehead atoms. The maximum Gasteiger partial charge on any atom is 0.241 e. The van der Waals surface area contributed by atoms with E-state index in [1.54, 1.807) is 0 Å². The summed E-state index contributed by atoms with van der Waals surface area (Å²) < 4.78 is 15.8. The SMILES string of the molecule is CC1CCC(F)C2(C3C=CCCC3)CC(C(=O)Nc3cccc(N4CCC(N(CCO)CCO)CC4)c3)NC12. The third kappa shape index (κ3) is 5.90. The standard InChI is InChI=1S/C31H47FN4O3/c1-22-10-11-28(32)31(23-6-3-2-4-7-23)21-27(34-29(22)31)30(39)33-24-8-5-9-26(20-24)35-14-12-25(13-15-35)36(16-18-37)17-19-38/h3,5-6,8-9,20,22-23,25,27-29,34,37-38H,2,4,7,10-19,21H2,1H3,(H,33,39). The number of piperidine rings is 1. The van der Waals surface area contributed by atoms with Crippen LogP contribution in [0.15, 0.2) is 36.4 Å². The molecule has 2 aliphatic heterocycles. The molecule has 1 amide bonds. The molecule has 4 N–H and O–H groups in total. The number of anilines is 2. The number of fused-ring (bicyclic) bond motifs is 1. The Morgan fingerprint density at radius 1 is 1.15 bits per heavy atom. The quantitative estimate of drug-likeness (QED) is 0.356. The molecule has 2 saturated heterocycles. The number of nitrogens with zero attached hydrogens (tertiary/aromatic N) is 2. The lowest BCUT2D eigenvalue weighted by molar-refractivity contribution is -0.118. The summed E-state index contributed by atoms with van der Waals surface area (Å²) in [5, 5.41) is 25.5. The Kier molecular flexibility index (Phi) is 9.27. The Morgan fingerprint density at radius 3 is 2.62 bits per heavy atom. The number of allylic oxidation sites excluding steroid dienone is 2. The molecule has 5 rings (SSSR count). The van der Waals surface area contributed by atoms with Crippen molar-refractivity contribution in [3.05, 3.63) is 36.4 Å². The predicted octanol–water partition coefficient (Wildman–Crippen LogP) is 3.72. The van der Waals surface area contributed by atoms with E-state index in [4.69, 9.17) is 0 Å². The molecule has 1 aromatic carbocycles. The lowest BCUT2D eigenvalue weighted by Gasteiger charge is -2.49. The number of hydrogen-bond acceptors (Lipinski definition) is 6. The van der Waals surface area contributed by atoms with Crippen molar-refractivity contribution in [2.75, 3.05) is 49.6 Å². The van der Waals surface area contributed by atoms with Crippen LogP contribution >= 0.6 is 0 Å². The molecule has 216 valence electrons. The minimum absolute atomic E-state index is 0.0219. The van der Waals surface area contributed by atoms with Gasteiger partial charge in [-0.05, 0) is 81.4 Å². The third-order valence-corrected chi connectivity index (χ3v) is 10.0. The number of aliphatic hydroxyl groups is 2. The van der Waals surface area contributed by atoms with E-state index in [0.717, 1.165) is 63.0 Å². The topological polar surface area (TPSA) is 88.1 Å². The summed E-state index contributed by atoms with van der Waals surface area (Å²) in [4.78, 5) is 18.1. The lowest BCUT2D eigenvalue weighted by Crippen LogP contribution is -2.55. The van der Waals surface area contributed by atoms with Gasteiger partial charge in [-0.25, -0.2) is 4.39 Å². The number of rotatable bonds is 9. The largest absolute Gasteiger partial charge is 0.395 e. The molecular weight excluding hydrogens is 495 g/mol. The van der Waals surface area contributed by atoms with E-state index in [2.05, 4.69) is 45.6 Å². The van der Waals surface area contributed by atoms with Crippen molar-refractivity contribution in [1.29, 1.82) is 0 Å². The van der Waals surface area contributed by atoms with Gasteiger partial charge >= 0.3 is 0 Å². The van der Waals surface area contributed by atoms with Crippen molar-refractivity contribution in [3.63, 3.8) is 0 Å². The van der Waals surface area contributed by atoms with Gasteiger partial charge in [0, 0.05) is 55.1 Å². The fourth-order valence-electron chi connectivity index (χ4n) is 8.05. The van der Waals surface area contributed by atoms with Gasteiger partial charge in [-0.15, -0.1) is 0 Å². The van der Waals surface area contributed by atoms with Crippen LogP contribution in [-0.4, -0.2) is 84.7 Å². The van der Waals surface area contributed by atoms with E-state index in [1.165, 1.54) is 0 Å². The zero-order valence-electron chi connectivity index (χ0n) is 23.4. The first-order valence-corrected chi connectivity index (χ1v) is 15.1. The molecule has 2 heterocycles. The van der Waals surface area contributed by atoms with Crippen LogP contribution in [-0.2, 0) is 4.79 Å². The highest BCUT2D eigenvalue weighted by Crippen LogP contribution is 2.55. The highest BCUT2D eigenvalue weighted by Gasteiger charge is 2.60. The van der Waals surface area contributed by atoms with Crippen molar-refractivity contribution in [1.82, 2.24) is 10.2 Å². The second kappa shape index (κ2) is 12.7. The Hall–Kier alpha value is -2.00. The number of carbonyl (C=O) groups excluding carboxylic acids is 1. The zero-order valence-corrected chi connectivity index (χ0v) is 23.4. The van der Waals surface area contributed by atoms with Crippen LogP contribution in [0.2, 0.25) is 0 Å². The fraction of sp³-hybridized carbons (Fsp3) is 0.710. The molecule has 3 fully saturated rings. The van der Waals surface area contributed by atoms with Crippen molar-refractivity contribution in [2.24, 2.45) is 17.3 Å². The van der Waals surface area contributed by atoms with E-state index in [9.17, 15) is 15.0 Å². The smallest absolute Gasteiger partial charge is 0.241 e. The van der Waals surface area contributed by atoms with Gasteiger partial charge in [-0.1, -0.05) is 25.1 Å². The van der Waals surface area contributed by atoms with E-state index >= 15 is 4.39 Å². The minimum atomic E-state index is -0.881. The summed E-state index contributed by atoms with van der Waals surface area (Å²) in [6.45, 7) is 5.35. The molecular formula is C31H47FN4O3. The first-order chi connectivity index (χ1) is 19.0. The Bertz CT molecular complexity index is 994. The van der Waals surface area contributed by atoms with Gasteiger partial charge < -0.3 is 25.7 Å². The molecule has 6 unspecified atom stereocenters. The van der Waals surface area contributed by atoms with Crippen LogP contribution in [0, 0.1) is 17.3 Å². The second-order valence-corrected chi connectivity index (χ2v) is 12.2. The Morgan fingerprint density at radius 2 is 1.92 bits per heavy atom. The maximum atomic E-state index is 15.8. The van der Waals surface area contributed by atoms with Crippen LogP contribution in [0.3, 0.4) is 0 Å². The molecule has 1 saturated carbocycles. The highest BCUT2D eigenvalue weighted by atomic mass is 19.1. The van der Waals surface area contributed by atoms with Gasteiger partial charge in [0.1, 0.15) is 6.17 Å². The number of carbonyl (C=O) groups is 1. The molecule has 1 aromatic rings. The van der Waals surface area contributed by atoms with Crippen molar-refractivity contribution < 1.29 is 19.4 Å². The maximum absolute atomic E-state index is 15.8. The van der Waals surface area contributed by atoms with Gasteiger partial charge in [-0.3, -0.25) is 9.69 Å². The second-order valence-electron chi connectivity index (χ2n) is 12.2. The first-order valence-electron chi connectivity index (χ1n) is 15.1. The van der Waals surface area contributed by atoms with E-state index in [-0.39, 0.29) is 31.1 Å². The number of aliphatic hydroxyl groups excluding tert-OH is 2. The van der Waals surface area contributed by atoms with E-state index in [0.29, 0.717) is 37.9 Å². The normalized spacial score (nSPS) is 33.4. The van der Waals surface area contributed by atoms with Crippen molar-refractivity contribution in [3.8, 4) is 0 Å². The molecule has 39 heavy (non-hydrogen) atoms. The van der Waals surface area contributed by atoms with Gasteiger partial charge in [0.2, 0.25) is 5.91 Å². The monoisotopic (exact) mass is 542 g/mol. The average Bonchev–Trinajstić information content (AvgIpc) is 3.39. The van der Waals surface area contributed by atoms with Crippen LogP contribution < -0.4 is 15.5 Å². The van der Waals surface area contributed by atoms with Crippen LogP contribution in [0.25, 0.3) is 0 Å². The summed E-state index contributed by atoms with van der Waals surface area (Å²) >= 11 is 0. The highest BCUT2D eigenvalue weighted by molar-refractivity contribution is 5.95. The lowest BCUT2D eigenvalue weighted by atomic mass is 9.57. The van der Waals surface area contributed by atoms with E-state index < -0.39 is 17.6 Å². The summed E-state index contributed by atoms with van der Waals surface area (Å²) in [5.74, 6) is 0.473. The van der Waals surface area contributed by atoms with Gasteiger partial charge in [0.05, 0.1) is 19.3 Å². The van der Waals surface area contributed by atoms with Crippen molar-refractivity contribution >= 4 is 17.3 Å². The van der Waals surface area contributed by atoms with Gasteiger partial charge in [0.15, 0.2) is 0 Å². The third-order valence-electron chi connectivity index (χ3n) is 10.0. The molecule has 7 nitrogen and oxygen atoms in total. The number of alkyl halides is 1. The fourth-order valence-corrected chi connectivity index (χ4v) is 8.05. The van der Waals surface area contributed by atoms with Crippen molar-refractivity contribution in [2.45, 2.75) is 82.6 Å². The molecule has 8 heteroatoms. The number of nitrogens with one attached hydrogen (secondary N) is 2. The minimum Gasteiger partial charge on any atom is -0.395 e. The van der Waals surface area contributed by atoms with E-state index in [1.807, 2.05) is 18.2 Å². The Balaban J connectivity index is 1.24. The predicted molar refractivity (Wildman–Crippen MR) is 154 cm³/mol. The molecule has 2 aliphatic carbocycles. The molecule has 4 aliphatic rings. The average molecular weight is 543 g/mol. The van der Waals surface area contributed by atoms with Crippen LogP contribution in [0.4, 0.5) is 15.8 Å². The summed E-state index contributed by atoms with van der Waals surface area (Å²) in [7, 11) is 0. The van der Waals surface area contributed by atoms with Gasteiger partial charge in [0.25, 0.3) is 0 Å². The Labute approximate surface area is 232 Å². The zero-order chi connectivity index (χ0) is 27.4. The number of amides is 1. The molecule has 0 spiro atoms. The summed E-state index contributed by atoms with van der Waals surface area (Å²) in [6, 6.07) is 8.02. The summed E-state index contributed by atoms with van der Waals surface area (Å²) in [5.41, 5.74) is 1.36. The molecule has 0 aromatic heterocycles. The van der Waals surface area contributed by atoms with Crippen LogP contribution in [0.5, 0.6) is 0 Å². The number of halogens is 1. The number of benzene rings is 1. The van der Waals surface area contributed by atoms with Gasteiger partial charge in [-0.2, -0.15) is 0 Å². The number of hydrogen-bond donors (Lipinski definition) is 4.